The summed E-state index contributed by atoms with van der Waals surface area (Å²) in [6, 6.07) is 21.7. The molecule has 168 valence electrons. The third-order valence-electron chi connectivity index (χ3n) is 5.87. The van der Waals surface area contributed by atoms with Crippen LogP contribution in [0.15, 0.2) is 90.5 Å². The van der Waals surface area contributed by atoms with Crippen molar-refractivity contribution in [2.75, 3.05) is 4.90 Å². The van der Waals surface area contributed by atoms with Crippen LogP contribution in [0.2, 0.25) is 10.0 Å². The van der Waals surface area contributed by atoms with Crippen LogP contribution in [-0.2, 0) is 9.59 Å². The van der Waals surface area contributed by atoms with Crippen molar-refractivity contribution in [2.24, 2.45) is 0 Å². The number of benzene rings is 4. The molecule has 4 aromatic rings. The zero-order valence-corrected chi connectivity index (χ0v) is 19.0. The average molecular weight is 492 g/mol. The number of carbonyl (C=O) groups is 2. The quantitative estimate of drug-likeness (QED) is 0.192. The molecule has 1 heterocycles. The Balaban J connectivity index is 1.80. The highest BCUT2D eigenvalue weighted by Gasteiger charge is 2.48. The number of rotatable bonds is 3. The van der Waals surface area contributed by atoms with E-state index in [1.165, 1.54) is 36.4 Å². The van der Waals surface area contributed by atoms with Gasteiger partial charge < -0.3 is 5.11 Å². The summed E-state index contributed by atoms with van der Waals surface area (Å²) in [6.07, 6.45) is 0. The zero-order valence-electron chi connectivity index (χ0n) is 17.5. The molecule has 5 rings (SSSR count). The van der Waals surface area contributed by atoms with E-state index in [2.05, 4.69) is 0 Å². The lowest BCUT2D eigenvalue weighted by Crippen LogP contribution is -2.29. The van der Waals surface area contributed by atoms with Crippen molar-refractivity contribution in [3.63, 3.8) is 0 Å². The number of carbonyl (C=O) groups excluding carboxylic acids is 2. The Morgan fingerprint density at radius 1 is 0.853 bits per heavy atom. The topological polar surface area (TPSA) is 57.6 Å². The van der Waals surface area contributed by atoms with Gasteiger partial charge in [0.2, 0.25) is 0 Å². The zero-order chi connectivity index (χ0) is 24.0. The maximum atomic E-state index is 15.0. The van der Waals surface area contributed by atoms with Gasteiger partial charge in [0.15, 0.2) is 0 Å². The van der Waals surface area contributed by atoms with Crippen LogP contribution in [0.4, 0.5) is 10.1 Å². The Labute approximate surface area is 204 Å². The highest BCUT2D eigenvalue weighted by molar-refractivity contribution is 6.52. The maximum Gasteiger partial charge on any atom is 0.300 e. The number of nitrogens with zero attached hydrogens (tertiary/aromatic N) is 1. The highest BCUT2D eigenvalue weighted by Crippen LogP contribution is 2.44. The van der Waals surface area contributed by atoms with Gasteiger partial charge in [0.1, 0.15) is 11.6 Å². The average Bonchev–Trinajstić information content (AvgIpc) is 3.10. The lowest BCUT2D eigenvalue weighted by atomic mass is 9.93. The molecule has 0 radical (unpaired) electrons. The highest BCUT2D eigenvalue weighted by atomic mass is 35.5. The Kier molecular flexibility index (Phi) is 5.60. The molecule has 1 amide bonds. The molecule has 1 fully saturated rings. The summed E-state index contributed by atoms with van der Waals surface area (Å²) in [5.74, 6) is -2.84. The van der Waals surface area contributed by atoms with Crippen LogP contribution in [0.3, 0.4) is 0 Å². The second-order valence-electron chi connectivity index (χ2n) is 7.82. The monoisotopic (exact) mass is 491 g/mol. The summed E-state index contributed by atoms with van der Waals surface area (Å²) in [6.45, 7) is 0. The lowest BCUT2D eigenvalue weighted by Gasteiger charge is -2.26. The van der Waals surface area contributed by atoms with Crippen molar-refractivity contribution in [3.8, 4) is 0 Å². The molecule has 1 unspecified atom stereocenters. The lowest BCUT2D eigenvalue weighted by molar-refractivity contribution is -0.132. The number of halogens is 3. The summed E-state index contributed by atoms with van der Waals surface area (Å²) >= 11 is 12.2. The van der Waals surface area contributed by atoms with E-state index in [4.69, 9.17) is 23.2 Å². The molecular formula is C27H16Cl2FNO3. The second kappa shape index (κ2) is 8.60. The summed E-state index contributed by atoms with van der Waals surface area (Å²) in [5.41, 5.74) is 0.473. The second-order valence-corrected chi connectivity index (χ2v) is 8.63. The minimum atomic E-state index is -1.21. The van der Waals surface area contributed by atoms with E-state index < -0.39 is 23.5 Å². The Hall–Kier alpha value is -3.67. The fourth-order valence-corrected chi connectivity index (χ4v) is 4.59. The third kappa shape index (κ3) is 3.54. The van der Waals surface area contributed by atoms with Gasteiger partial charge >= 0.3 is 0 Å². The molecule has 4 aromatic carbocycles. The van der Waals surface area contributed by atoms with Crippen LogP contribution in [-0.4, -0.2) is 16.8 Å². The molecule has 34 heavy (non-hydrogen) atoms. The molecule has 0 bridgehead atoms. The van der Waals surface area contributed by atoms with Gasteiger partial charge in [-0.05, 0) is 35.0 Å². The molecular weight excluding hydrogens is 476 g/mol. The SMILES string of the molecule is O=C1C(=O)N(c2ccc(Cl)c(Cl)c2)C(c2ccccc2F)/C1=C(\O)c1cccc2ccccc12. The first-order chi connectivity index (χ1) is 16.4. The predicted molar refractivity (Wildman–Crippen MR) is 132 cm³/mol. The van der Waals surface area contributed by atoms with E-state index in [0.717, 1.165) is 10.3 Å². The number of anilines is 1. The van der Waals surface area contributed by atoms with Crippen molar-refractivity contribution in [1.82, 2.24) is 0 Å². The first kappa shape index (κ1) is 22.1. The van der Waals surface area contributed by atoms with Crippen molar-refractivity contribution in [1.29, 1.82) is 0 Å². The number of amides is 1. The van der Waals surface area contributed by atoms with E-state index in [0.29, 0.717) is 10.9 Å². The molecule has 4 nitrogen and oxygen atoms in total. The van der Waals surface area contributed by atoms with Gasteiger partial charge in [0, 0.05) is 16.8 Å². The van der Waals surface area contributed by atoms with Gasteiger partial charge in [-0.25, -0.2) is 4.39 Å². The largest absolute Gasteiger partial charge is 0.507 e. The van der Waals surface area contributed by atoms with Crippen LogP contribution >= 0.6 is 23.2 Å². The molecule has 0 spiro atoms. The smallest absolute Gasteiger partial charge is 0.300 e. The van der Waals surface area contributed by atoms with Crippen LogP contribution in [0, 0.1) is 5.82 Å². The van der Waals surface area contributed by atoms with E-state index in [-0.39, 0.29) is 32.6 Å². The number of hydrogen-bond acceptors (Lipinski definition) is 3. The Bertz CT molecular complexity index is 1510. The van der Waals surface area contributed by atoms with Crippen LogP contribution in [0.5, 0.6) is 0 Å². The maximum absolute atomic E-state index is 15.0. The fraction of sp³-hybridized carbons (Fsp3) is 0.0370. The van der Waals surface area contributed by atoms with E-state index in [1.807, 2.05) is 24.3 Å². The van der Waals surface area contributed by atoms with Crippen molar-refractivity contribution in [2.45, 2.75) is 6.04 Å². The molecule has 1 N–H and O–H groups in total. The molecule has 0 aromatic heterocycles. The van der Waals surface area contributed by atoms with Crippen molar-refractivity contribution < 1.29 is 19.1 Å². The fourth-order valence-electron chi connectivity index (χ4n) is 4.30. The van der Waals surface area contributed by atoms with Gasteiger partial charge in [-0.15, -0.1) is 0 Å². The molecule has 0 aliphatic carbocycles. The number of aliphatic hydroxyl groups excluding tert-OH is 1. The summed E-state index contributed by atoms with van der Waals surface area (Å²) < 4.78 is 15.0. The molecule has 1 aliphatic heterocycles. The standard InChI is InChI=1S/C27H16Cl2FNO3/c28-20-13-12-16(14-21(20)29)31-24(19-9-3-4-11-22(19)30)23(26(33)27(31)34)25(32)18-10-5-7-15-6-1-2-8-17(15)18/h1-14,24,32H/b25-23+. The van der Waals surface area contributed by atoms with Crippen molar-refractivity contribution in [3.05, 3.63) is 117 Å². The van der Waals surface area contributed by atoms with Crippen LogP contribution in [0.1, 0.15) is 17.2 Å². The summed E-state index contributed by atoms with van der Waals surface area (Å²) in [7, 11) is 0. The summed E-state index contributed by atoms with van der Waals surface area (Å²) in [4.78, 5) is 27.7. The first-order valence-corrected chi connectivity index (χ1v) is 11.1. The minimum absolute atomic E-state index is 0.0644. The van der Waals surface area contributed by atoms with Gasteiger partial charge in [-0.1, -0.05) is 83.9 Å². The number of Topliss-reactive ketones (excluding diaryl/α,β-unsaturated/α-hetero) is 1. The number of aliphatic hydroxyl groups is 1. The van der Waals surface area contributed by atoms with E-state index >= 15 is 4.39 Å². The van der Waals surface area contributed by atoms with Gasteiger partial charge in [-0.2, -0.15) is 0 Å². The Morgan fingerprint density at radius 3 is 2.32 bits per heavy atom. The molecule has 0 saturated carbocycles. The van der Waals surface area contributed by atoms with Gasteiger partial charge in [0.25, 0.3) is 11.7 Å². The molecule has 1 saturated heterocycles. The van der Waals surface area contributed by atoms with E-state index in [1.54, 1.807) is 24.3 Å². The molecule has 7 heteroatoms. The molecule has 1 aliphatic rings. The van der Waals surface area contributed by atoms with Gasteiger partial charge in [-0.3, -0.25) is 14.5 Å². The Morgan fingerprint density at radius 2 is 1.56 bits per heavy atom. The number of fused-ring (bicyclic) bond motifs is 1. The normalized spacial score (nSPS) is 17.5. The molecule has 1 atom stereocenters. The number of ketones is 1. The summed E-state index contributed by atoms with van der Waals surface area (Å²) in [5, 5.41) is 13.4. The van der Waals surface area contributed by atoms with Crippen molar-refractivity contribution >= 4 is 57.1 Å². The van der Waals surface area contributed by atoms with Gasteiger partial charge in [0.05, 0.1) is 21.7 Å². The third-order valence-corrected chi connectivity index (χ3v) is 6.61. The first-order valence-electron chi connectivity index (χ1n) is 10.4. The van der Waals surface area contributed by atoms with Crippen LogP contribution in [0.25, 0.3) is 16.5 Å². The van der Waals surface area contributed by atoms with E-state index in [9.17, 15) is 14.7 Å². The van der Waals surface area contributed by atoms with Crippen LogP contribution < -0.4 is 4.90 Å². The number of hydrogen-bond donors (Lipinski definition) is 1. The minimum Gasteiger partial charge on any atom is -0.507 e. The predicted octanol–water partition coefficient (Wildman–Crippen LogP) is 6.91.